The summed E-state index contributed by atoms with van der Waals surface area (Å²) in [7, 11) is 0. The highest BCUT2D eigenvalue weighted by Crippen LogP contribution is 2.28. The van der Waals surface area contributed by atoms with Crippen molar-refractivity contribution in [2.24, 2.45) is 5.92 Å². The molecule has 19 heavy (non-hydrogen) atoms. The van der Waals surface area contributed by atoms with Crippen LogP contribution in [0.1, 0.15) is 24.8 Å². The lowest BCUT2D eigenvalue weighted by atomic mass is 10.2. The molecule has 1 saturated carbocycles. The summed E-state index contributed by atoms with van der Waals surface area (Å²) in [6, 6.07) is 7.66. The fraction of sp³-hybridized carbons (Fsp3) is 0.500. The maximum atomic E-state index is 8.63. The summed E-state index contributed by atoms with van der Waals surface area (Å²) in [6.07, 6.45) is 3.15. The monoisotopic (exact) mass is 260 g/mol. The van der Waals surface area contributed by atoms with Crippen LogP contribution in [0.5, 0.6) is 5.75 Å². The van der Waals surface area contributed by atoms with Crippen molar-refractivity contribution < 1.29 is 14.6 Å². The van der Waals surface area contributed by atoms with Crippen molar-refractivity contribution in [2.45, 2.75) is 19.3 Å². The van der Waals surface area contributed by atoms with Crippen LogP contribution in [-0.4, -0.2) is 31.5 Å². The number of benzene rings is 1. The van der Waals surface area contributed by atoms with Gasteiger partial charge in [-0.1, -0.05) is 11.8 Å². The van der Waals surface area contributed by atoms with Crippen LogP contribution >= 0.6 is 0 Å². The summed E-state index contributed by atoms with van der Waals surface area (Å²) in [4.78, 5) is 0. The Hall–Kier alpha value is -1.50. The highest BCUT2D eigenvalue weighted by molar-refractivity contribution is 5.38. The first kappa shape index (κ1) is 13.9. The zero-order valence-corrected chi connectivity index (χ0v) is 11.1. The van der Waals surface area contributed by atoms with Gasteiger partial charge in [0.2, 0.25) is 0 Å². The minimum atomic E-state index is 0.106. The SMILES string of the molecule is OCCC#Cc1ccc(OCCOCC2CC2)cc1. The van der Waals surface area contributed by atoms with Crippen molar-refractivity contribution in [2.75, 3.05) is 26.4 Å². The van der Waals surface area contributed by atoms with Crippen LogP contribution < -0.4 is 4.74 Å². The molecule has 0 radical (unpaired) electrons. The Bertz CT molecular complexity index is 424. The van der Waals surface area contributed by atoms with E-state index >= 15 is 0 Å². The molecule has 1 aromatic rings. The maximum absolute atomic E-state index is 8.63. The van der Waals surface area contributed by atoms with Gasteiger partial charge in [-0.3, -0.25) is 0 Å². The lowest BCUT2D eigenvalue weighted by molar-refractivity contribution is 0.0927. The van der Waals surface area contributed by atoms with Gasteiger partial charge < -0.3 is 14.6 Å². The highest BCUT2D eigenvalue weighted by Gasteiger charge is 2.20. The Labute approximate surface area is 114 Å². The third-order valence-corrected chi connectivity index (χ3v) is 2.87. The topological polar surface area (TPSA) is 38.7 Å². The van der Waals surface area contributed by atoms with Crippen LogP contribution in [0.3, 0.4) is 0 Å². The van der Waals surface area contributed by atoms with E-state index < -0.39 is 0 Å². The molecule has 0 aromatic heterocycles. The van der Waals surface area contributed by atoms with Gasteiger partial charge in [-0.2, -0.15) is 0 Å². The number of hydrogen-bond acceptors (Lipinski definition) is 3. The van der Waals surface area contributed by atoms with E-state index in [2.05, 4.69) is 11.8 Å². The molecule has 0 heterocycles. The summed E-state index contributed by atoms with van der Waals surface area (Å²) in [5, 5.41) is 8.63. The van der Waals surface area contributed by atoms with E-state index in [1.807, 2.05) is 24.3 Å². The van der Waals surface area contributed by atoms with E-state index in [9.17, 15) is 0 Å². The van der Waals surface area contributed by atoms with Gasteiger partial charge in [-0.05, 0) is 43.0 Å². The van der Waals surface area contributed by atoms with Crippen molar-refractivity contribution in [3.63, 3.8) is 0 Å². The first-order valence-corrected chi connectivity index (χ1v) is 6.79. The van der Waals surface area contributed by atoms with Crippen LogP contribution in [0.25, 0.3) is 0 Å². The van der Waals surface area contributed by atoms with E-state index in [1.165, 1.54) is 12.8 Å². The summed E-state index contributed by atoms with van der Waals surface area (Å²) < 4.78 is 11.1. The van der Waals surface area contributed by atoms with E-state index in [0.29, 0.717) is 19.6 Å². The molecule has 0 atom stereocenters. The fourth-order valence-corrected chi connectivity index (χ4v) is 1.61. The number of aliphatic hydroxyl groups is 1. The Morgan fingerprint density at radius 3 is 2.63 bits per heavy atom. The maximum Gasteiger partial charge on any atom is 0.119 e. The second kappa shape index (κ2) is 7.83. The Morgan fingerprint density at radius 1 is 1.16 bits per heavy atom. The van der Waals surface area contributed by atoms with Crippen LogP contribution in [0.15, 0.2) is 24.3 Å². The summed E-state index contributed by atoms with van der Waals surface area (Å²) in [5.41, 5.74) is 0.936. The molecule has 3 nitrogen and oxygen atoms in total. The Morgan fingerprint density at radius 2 is 1.95 bits per heavy atom. The van der Waals surface area contributed by atoms with Gasteiger partial charge in [0.15, 0.2) is 0 Å². The highest BCUT2D eigenvalue weighted by atomic mass is 16.5. The molecule has 0 aliphatic heterocycles. The molecule has 1 aromatic carbocycles. The minimum absolute atomic E-state index is 0.106. The van der Waals surface area contributed by atoms with Crippen LogP contribution in [0.4, 0.5) is 0 Å². The lowest BCUT2D eigenvalue weighted by Gasteiger charge is -2.06. The Balaban J connectivity index is 1.64. The van der Waals surface area contributed by atoms with Gasteiger partial charge in [0, 0.05) is 18.6 Å². The molecule has 0 spiro atoms. The van der Waals surface area contributed by atoms with Crippen molar-refractivity contribution in [3.8, 4) is 17.6 Å². The number of hydrogen-bond donors (Lipinski definition) is 1. The van der Waals surface area contributed by atoms with Gasteiger partial charge in [-0.25, -0.2) is 0 Å². The number of aliphatic hydroxyl groups excluding tert-OH is 1. The van der Waals surface area contributed by atoms with Gasteiger partial charge >= 0.3 is 0 Å². The largest absolute Gasteiger partial charge is 0.491 e. The van der Waals surface area contributed by atoms with E-state index in [4.69, 9.17) is 14.6 Å². The van der Waals surface area contributed by atoms with Crippen LogP contribution in [-0.2, 0) is 4.74 Å². The van der Waals surface area contributed by atoms with Crippen molar-refractivity contribution in [1.29, 1.82) is 0 Å². The standard InChI is InChI=1S/C16H20O3/c17-10-2-1-3-14-6-8-16(9-7-14)19-12-11-18-13-15-4-5-15/h6-9,15,17H,2,4-5,10-13H2. The second-order valence-corrected chi connectivity index (χ2v) is 4.67. The predicted molar refractivity (Wildman–Crippen MR) is 74.1 cm³/mol. The molecule has 0 amide bonds. The van der Waals surface area contributed by atoms with Gasteiger partial charge in [-0.15, -0.1) is 0 Å². The summed E-state index contributed by atoms with van der Waals surface area (Å²) >= 11 is 0. The molecule has 1 aliphatic carbocycles. The van der Waals surface area contributed by atoms with Gasteiger partial charge in [0.05, 0.1) is 13.2 Å². The molecule has 2 rings (SSSR count). The number of rotatable bonds is 7. The summed E-state index contributed by atoms with van der Waals surface area (Å²) in [5.74, 6) is 7.50. The molecule has 0 bridgehead atoms. The normalized spacial score (nSPS) is 13.7. The zero-order chi connectivity index (χ0) is 13.3. The molecule has 102 valence electrons. The third-order valence-electron chi connectivity index (χ3n) is 2.87. The minimum Gasteiger partial charge on any atom is -0.491 e. The quantitative estimate of drug-likeness (QED) is 0.603. The van der Waals surface area contributed by atoms with Crippen LogP contribution in [0, 0.1) is 17.8 Å². The predicted octanol–water partition coefficient (Wildman–Crippen LogP) is 2.23. The smallest absolute Gasteiger partial charge is 0.119 e. The van der Waals surface area contributed by atoms with E-state index in [-0.39, 0.29) is 6.61 Å². The Kier molecular flexibility index (Phi) is 5.74. The van der Waals surface area contributed by atoms with E-state index in [1.54, 1.807) is 0 Å². The third kappa shape index (κ3) is 5.78. The zero-order valence-electron chi connectivity index (χ0n) is 11.1. The molecule has 1 fully saturated rings. The first-order valence-electron chi connectivity index (χ1n) is 6.79. The van der Waals surface area contributed by atoms with Crippen molar-refractivity contribution in [3.05, 3.63) is 29.8 Å². The molecular weight excluding hydrogens is 240 g/mol. The fourth-order valence-electron chi connectivity index (χ4n) is 1.61. The molecule has 0 unspecified atom stereocenters. The molecular formula is C16H20O3. The number of ether oxygens (including phenoxy) is 2. The first-order chi connectivity index (χ1) is 9.38. The molecule has 0 saturated heterocycles. The molecule has 3 heteroatoms. The van der Waals surface area contributed by atoms with Crippen molar-refractivity contribution >= 4 is 0 Å². The lowest BCUT2D eigenvalue weighted by Crippen LogP contribution is -2.08. The van der Waals surface area contributed by atoms with Gasteiger partial charge in [0.1, 0.15) is 12.4 Å². The van der Waals surface area contributed by atoms with Gasteiger partial charge in [0.25, 0.3) is 0 Å². The molecule has 1 aliphatic rings. The second-order valence-electron chi connectivity index (χ2n) is 4.67. The van der Waals surface area contributed by atoms with Crippen LogP contribution in [0.2, 0.25) is 0 Å². The average molecular weight is 260 g/mol. The molecule has 1 N–H and O–H groups in total. The average Bonchev–Trinajstić information content (AvgIpc) is 3.25. The van der Waals surface area contributed by atoms with Crippen molar-refractivity contribution in [1.82, 2.24) is 0 Å². The van der Waals surface area contributed by atoms with E-state index in [0.717, 1.165) is 23.8 Å². The summed E-state index contributed by atoms with van der Waals surface area (Å²) in [6.45, 7) is 2.22.